The third-order valence-corrected chi connectivity index (χ3v) is 4.68. The molecular weight excluding hydrogens is 326 g/mol. The molecule has 136 valence electrons. The van der Waals surface area contributed by atoms with E-state index in [4.69, 9.17) is 0 Å². The van der Waals surface area contributed by atoms with Gasteiger partial charge in [-0.25, -0.2) is 0 Å². The lowest BCUT2D eigenvalue weighted by molar-refractivity contribution is 0.0943. The van der Waals surface area contributed by atoms with E-state index in [1.807, 2.05) is 44.3 Å². The van der Waals surface area contributed by atoms with Crippen molar-refractivity contribution in [1.82, 2.24) is 14.5 Å². The Hall–Kier alpha value is -2.82. The number of pyridine rings is 1. The third-order valence-electron chi connectivity index (χ3n) is 4.68. The lowest BCUT2D eigenvalue weighted by atomic mass is 10.1. The number of carbonyl (C=O) groups is 1. The first-order chi connectivity index (χ1) is 12.4. The second-order valence-electron chi connectivity index (χ2n) is 7.16. The number of fused-ring (bicyclic) bond motifs is 1. The summed E-state index contributed by atoms with van der Waals surface area (Å²) in [5, 5.41) is 3.54. The van der Waals surface area contributed by atoms with Gasteiger partial charge in [0.2, 0.25) is 0 Å². The maximum absolute atomic E-state index is 12.7. The highest BCUT2D eigenvalue weighted by Crippen LogP contribution is 2.16. The molecule has 5 heteroatoms. The molecule has 26 heavy (non-hydrogen) atoms. The summed E-state index contributed by atoms with van der Waals surface area (Å²) in [6, 6.07) is 11.6. The van der Waals surface area contributed by atoms with Crippen molar-refractivity contribution >= 4 is 16.8 Å². The molecule has 0 bridgehead atoms. The standard InChI is InChI=1S/C21H25N3O2/c1-14(2)13-24-10-9-18-17(21(24)26)11-19(23(18)4)20(25)22-12-16-8-6-5-7-15(16)3/h5-11,14H,12-13H2,1-4H3,(H,22,25). The van der Waals surface area contributed by atoms with Crippen molar-refractivity contribution in [3.63, 3.8) is 0 Å². The summed E-state index contributed by atoms with van der Waals surface area (Å²) in [5.41, 5.74) is 3.44. The molecule has 0 aliphatic carbocycles. The predicted octanol–water partition coefficient (Wildman–Crippen LogP) is 3.23. The lowest BCUT2D eigenvalue weighted by Gasteiger charge is -2.09. The number of aryl methyl sites for hydroxylation is 2. The Morgan fingerprint density at radius 3 is 2.62 bits per heavy atom. The first kappa shape index (κ1) is 18.0. The smallest absolute Gasteiger partial charge is 0.268 e. The SMILES string of the molecule is Cc1ccccc1CNC(=O)c1cc2c(=O)n(CC(C)C)ccc2n1C. The summed E-state index contributed by atoms with van der Waals surface area (Å²) in [6.45, 7) is 7.30. The van der Waals surface area contributed by atoms with Crippen LogP contribution in [0.2, 0.25) is 0 Å². The molecule has 0 saturated carbocycles. The van der Waals surface area contributed by atoms with Gasteiger partial charge in [-0.2, -0.15) is 0 Å². The molecule has 0 spiro atoms. The average Bonchev–Trinajstić information content (AvgIpc) is 2.94. The second-order valence-corrected chi connectivity index (χ2v) is 7.16. The van der Waals surface area contributed by atoms with Gasteiger partial charge in [0.1, 0.15) is 5.69 Å². The van der Waals surface area contributed by atoms with Gasteiger partial charge in [0.15, 0.2) is 0 Å². The molecule has 0 unspecified atom stereocenters. The van der Waals surface area contributed by atoms with Gasteiger partial charge in [-0.3, -0.25) is 9.59 Å². The van der Waals surface area contributed by atoms with Crippen molar-refractivity contribution in [2.24, 2.45) is 13.0 Å². The maximum Gasteiger partial charge on any atom is 0.268 e. The first-order valence-electron chi connectivity index (χ1n) is 8.90. The molecule has 0 aliphatic rings. The van der Waals surface area contributed by atoms with Crippen LogP contribution in [0.5, 0.6) is 0 Å². The monoisotopic (exact) mass is 351 g/mol. The normalized spacial score (nSPS) is 11.3. The van der Waals surface area contributed by atoms with Gasteiger partial charge < -0.3 is 14.5 Å². The van der Waals surface area contributed by atoms with E-state index in [2.05, 4.69) is 19.2 Å². The number of benzene rings is 1. The van der Waals surface area contributed by atoms with Gasteiger partial charge in [0.25, 0.3) is 11.5 Å². The summed E-state index contributed by atoms with van der Waals surface area (Å²) in [6.07, 6.45) is 1.81. The number of hydrogen-bond acceptors (Lipinski definition) is 2. The van der Waals surface area contributed by atoms with Crippen LogP contribution in [0.1, 0.15) is 35.5 Å². The molecule has 1 amide bonds. The molecule has 1 aromatic carbocycles. The fraction of sp³-hybridized carbons (Fsp3) is 0.333. The average molecular weight is 351 g/mol. The molecule has 0 radical (unpaired) electrons. The zero-order valence-electron chi connectivity index (χ0n) is 15.7. The Balaban J connectivity index is 1.89. The van der Waals surface area contributed by atoms with Gasteiger partial charge in [0.05, 0.1) is 10.9 Å². The molecule has 0 fully saturated rings. The van der Waals surface area contributed by atoms with Crippen molar-refractivity contribution < 1.29 is 4.79 Å². The first-order valence-corrected chi connectivity index (χ1v) is 8.90. The third kappa shape index (κ3) is 3.43. The van der Waals surface area contributed by atoms with Crippen molar-refractivity contribution in [1.29, 1.82) is 0 Å². The predicted molar refractivity (Wildman–Crippen MR) is 104 cm³/mol. The minimum Gasteiger partial charge on any atom is -0.347 e. The molecule has 0 atom stereocenters. The Morgan fingerprint density at radius 1 is 1.19 bits per heavy atom. The Kier molecular flexibility index (Phi) is 4.98. The van der Waals surface area contributed by atoms with Gasteiger partial charge in [-0.05, 0) is 36.1 Å². The zero-order chi connectivity index (χ0) is 18.8. The van der Waals surface area contributed by atoms with Crippen LogP contribution in [-0.4, -0.2) is 15.0 Å². The highest BCUT2D eigenvalue weighted by molar-refractivity contribution is 5.98. The van der Waals surface area contributed by atoms with Crippen LogP contribution in [-0.2, 0) is 20.1 Å². The number of nitrogens with one attached hydrogen (secondary N) is 1. The zero-order valence-corrected chi connectivity index (χ0v) is 15.7. The summed E-state index contributed by atoms with van der Waals surface area (Å²) < 4.78 is 3.49. The van der Waals surface area contributed by atoms with Crippen LogP contribution in [0, 0.1) is 12.8 Å². The lowest BCUT2D eigenvalue weighted by Crippen LogP contribution is -2.25. The molecular formula is C21H25N3O2. The quantitative estimate of drug-likeness (QED) is 0.767. The van der Waals surface area contributed by atoms with Gasteiger partial charge in [0, 0.05) is 26.3 Å². The van der Waals surface area contributed by atoms with Crippen molar-refractivity contribution in [2.75, 3.05) is 0 Å². The summed E-state index contributed by atoms with van der Waals surface area (Å²) in [7, 11) is 1.82. The molecule has 0 aliphatic heterocycles. The number of amides is 1. The van der Waals surface area contributed by atoms with E-state index in [1.165, 1.54) is 0 Å². The van der Waals surface area contributed by atoms with Crippen molar-refractivity contribution in [2.45, 2.75) is 33.9 Å². The van der Waals surface area contributed by atoms with Crippen LogP contribution >= 0.6 is 0 Å². The summed E-state index contributed by atoms with van der Waals surface area (Å²) in [4.78, 5) is 25.3. The van der Waals surface area contributed by atoms with Crippen LogP contribution < -0.4 is 10.9 Å². The van der Waals surface area contributed by atoms with E-state index in [0.717, 1.165) is 16.6 Å². The highest BCUT2D eigenvalue weighted by Gasteiger charge is 2.16. The van der Waals surface area contributed by atoms with Crippen molar-refractivity contribution in [3.05, 3.63) is 69.8 Å². The highest BCUT2D eigenvalue weighted by atomic mass is 16.2. The maximum atomic E-state index is 12.7. The summed E-state index contributed by atoms with van der Waals surface area (Å²) >= 11 is 0. The van der Waals surface area contributed by atoms with Gasteiger partial charge in [-0.15, -0.1) is 0 Å². The number of hydrogen-bond donors (Lipinski definition) is 1. The molecule has 2 aromatic heterocycles. The van der Waals surface area contributed by atoms with E-state index in [0.29, 0.717) is 30.1 Å². The molecule has 2 heterocycles. The van der Waals surface area contributed by atoms with Crippen molar-refractivity contribution in [3.8, 4) is 0 Å². The minimum absolute atomic E-state index is 0.0512. The molecule has 5 nitrogen and oxygen atoms in total. The number of rotatable bonds is 5. The fourth-order valence-corrected chi connectivity index (χ4v) is 3.20. The molecule has 3 aromatic rings. The molecule has 3 rings (SSSR count). The van der Waals surface area contributed by atoms with E-state index in [-0.39, 0.29) is 11.5 Å². The number of carbonyl (C=O) groups excluding carboxylic acids is 1. The van der Waals surface area contributed by atoms with Gasteiger partial charge in [-0.1, -0.05) is 38.1 Å². The largest absolute Gasteiger partial charge is 0.347 e. The number of nitrogens with zero attached hydrogens (tertiary/aromatic N) is 2. The van der Waals surface area contributed by atoms with Crippen LogP contribution in [0.15, 0.2) is 47.4 Å². The second kappa shape index (κ2) is 7.20. The Bertz CT molecular complexity index is 1010. The topological polar surface area (TPSA) is 56.0 Å². The van der Waals surface area contributed by atoms with Crippen LogP contribution in [0.25, 0.3) is 10.9 Å². The van der Waals surface area contributed by atoms with E-state index in [1.54, 1.807) is 21.4 Å². The van der Waals surface area contributed by atoms with Crippen LogP contribution in [0.3, 0.4) is 0 Å². The molecule has 0 saturated heterocycles. The van der Waals surface area contributed by atoms with E-state index < -0.39 is 0 Å². The minimum atomic E-state index is -0.179. The van der Waals surface area contributed by atoms with Gasteiger partial charge >= 0.3 is 0 Å². The number of aromatic nitrogens is 2. The van der Waals surface area contributed by atoms with Crippen LogP contribution in [0.4, 0.5) is 0 Å². The molecule has 1 N–H and O–H groups in total. The Morgan fingerprint density at radius 2 is 1.92 bits per heavy atom. The Labute approximate surface area is 153 Å². The fourth-order valence-electron chi connectivity index (χ4n) is 3.20. The van der Waals surface area contributed by atoms with E-state index in [9.17, 15) is 9.59 Å². The summed E-state index contributed by atoms with van der Waals surface area (Å²) in [5.74, 6) is 0.201. The van der Waals surface area contributed by atoms with E-state index >= 15 is 0 Å².